The van der Waals surface area contributed by atoms with Crippen molar-refractivity contribution in [1.82, 2.24) is 4.90 Å². The van der Waals surface area contributed by atoms with Crippen molar-refractivity contribution in [1.29, 1.82) is 0 Å². The Bertz CT molecular complexity index is 1060. The van der Waals surface area contributed by atoms with E-state index in [2.05, 4.69) is 5.32 Å². The van der Waals surface area contributed by atoms with Crippen LogP contribution in [0.2, 0.25) is 0 Å². The summed E-state index contributed by atoms with van der Waals surface area (Å²) in [5.74, 6) is -1.20. The van der Waals surface area contributed by atoms with E-state index in [1.165, 1.54) is 29.2 Å². The van der Waals surface area contributed by atoms with Crippen LogP contribution in [-0.2, 0) is 4.79 Å². The number of carbonyl (C=O) groups excluding carboxylic acids is 2. The Morgan fingerprint density at radius 1 is 1.25 bits per heavy atom. The summed E-state index contributed by atoms with van der Waals surface area (Å²) >= 11 is 0. The van der Waals surface area contributed by atoms with Crippen LogP contribution in [-0.4, -0.2) is 47.3 Å². The number of nitro groups is 1. The highest BCUT2D eigenvalue weighted by Gasteiger charge is 2.35. The summed E-state index contributed by atoms with van der Waals surface area (Å²) in [5, 5.41) is 13.7. The van der Waals surface area contributed by atoms with Crippen LogP contribution in [0.1, 0.15) is 42.6 Å². The molecule has 2 aromatic carbocycles. The third kappa shape index (κ3) is 4.71. The summed E-state index contributed by atoms with van der Waals surface area (Å²) in [6, 6.07) is 8.11. The molecule has 0 aromatic heterocycles. The molecule has 1 saturated heterocycles. The number of likely N-dealkylation sites (tertiary alicyclic amines) is 1. The first-order valence-corrected chi connectivity index (χ1v) is 10.5. The molecule has 0 aliphatic carbocycles. The number of halogens is 1. The monoisotopic (exact) mass is 442 g/mol. The maximum absolute atomic E-state index is 14.5. The van der Waals surface area contributed by atoms with Gasteiger partial charge in [-0.1, -0.05) is 0 Å². The number of rotatable bonds is 6. The molecule has 32 heavy (non-hydrogen) atoms. The van der Waals surface area contributed by atoms with Crippen LogP contribution in [0.3, 0.4) is 0 Å². The SMILES string of the molecule is Cc1cc(C(=O)N2CCCC2C(=O)Nc2ccc(N(C)C(C)C)c(F)c2)ccc1[N+](=O)[O-]. The van der Waals surface area contributed by atoms with Gasteiger partial charge in [-0.2, -0.15) is 0 Å². The highest BCUT2D eigenvalue weighted by atomic mass is 19.1. The van der Waals surface area contributed by atoms with Crippen LogP contribution in [0.25, 0.3) is 0 Å². The molecule has 0 saturated carbocycles. The largest absolute Gasteiger partial charge is 0.370 e. The molecule has 2 aromatic rings. The maximum Gasteiger partial charge on any atom is 0.272 e. The summed E-state index contributed by atoms with van der Waals surface area (Å²) < 4.78 is 14.5. The number of nitrogens with one attached hydrogen (secondary N) is 1. The van der Waals surface area contributed by atoms with E-state index in [1.54, 1.807) is 31.0 Å². The topological polar surface area (TPSA) is 95.8 Å². The molecule has 1 heterocycles. The van der Waals surface area contributed by atoms with Crippen molar-refractivity contribution in [2.75, 3.05) is 23.8 Å². The molecular weight excluding hydrogens is 415 g/mol. The van der Waals surface area contributed by atoms with Crippen LogP contribution in [0.5, 0.6) is 0 Å². The predicted octanol–water partition coefficient (Wildman–Crippen LogP) is 4.13. The maximum atomic E-state index is 14.5. The number of benzene rings is 2. The molecule has 0 bridgehead atoms. The lowest BCUT2D eigenvalue weighted by Gasteiger charge is -2.25. The first-order chi connectivity index (χ1) is 15.1. The summed E-state index contributed by atoms with van der Waals surface area (Å²) in [6.07, 6.45) is 1.14. The fourth-order valence-corrected chi connectivity index (χ4v) is 3.82. The Morgan fingerprint density at radius 3 is 2.56 bits per heavy atom. The van der Waals surface area contributed by atoms with Gasteiger partial charge in [-0.15, -0.1) is 0 Å². The highest BCUT2D eigenvalue weighted by molar-refractivity contribution is 6.01. The molecule has 1 aliphatic heterocycles. The molecule has 1 N–H and O–H groups in total. The number of aryl methyl sites for hydroxylation is 1. The lowest BCUT2D eigenvalue weighted by atomic mass is 10.1. The Labute approximate surface area is 186 Å². The Morgan fingerprint density at radius 2 is 1.97 bits per heavy atom. The van der Waals surface area contributed by atoms with Crippen molar-refractivity contribution in [3.63, 3.8) is 0 Å². The first-order valence-electron chi connectivity index (χ1n) is 10.5. The first kappa shape index (κ1) is 23.2. The number of carbonyl (C=O) groups is 2. The van der Waals surface area contributed by atoms with Crippen molar-refractivity contribution in [2.45, 2.75) is 45.7 Å². The van der Waals surface area contributed by atoms with E-state index in [-0.39, 0.29) is 23.5 Å². The summed E-state index contributed by atoms with van der Waals surface area (Å²) in [7, 11) is 1.79. The number of nitro benzene ring substituents is 1. The molecule has 0 radical (unpaired) electrons. The van der Waals surface area contributed by atoms with Crippen molar-refractivity contribution >= 4 is 28.9 Å². The van der Waals surface area contributed by atoms with E-state index in [0.717, 1.165) is 0 Å². The van der Waals surface area contributed by atoms with Crippen LogP contribution >= 0.6 is 0 Å². The number of amides is 2. The minimum Gasteiger partial charge on any atom is -0.370 e. The Kier molecular flexibility index (Phi) is 6.76. The van der Waals surface area contributed by atoms with E-state index in [9.17, 15) is 24.1 Å². The second-order valence-electron chi connectivity index (χ2n) is 8.28. The van der Waals surface area contributed by atoms with Gasteiger partial charge in [0.25, 0.3) is 11.6 Å². The number of hydrogen-bond acceptors (Lipinski definition) is 5. The molecule has 170 valence electrons. The van der Waals surface area contributed by atoms with Crippen LogP contribution in [0, 0.1) is 22.9 Å². The van der Waals surface area contributed by atoms with Crippen LogP contribution < -0.4 is 10.2 Å². The molecule has 1 atom stereocenters. The van der Waals surface area contributed by atoms with Gasteiger partial charge in [0.1, 0.15) is 11.9 Å². The summed E-state index contributed by atoms with van der Waals surface area (Å²) in [5.41, 5.74) is 1.36. The summed E-state index contributed by atoms with van der Waals surface area (Å²) in [6.45, 7) is 5.87. The smallest absolute Gasteiger partial charge is 0.272 e. The second-order valence-corrected chi connectivity index (χ2v) is 8.28. The van der Waals surface area contributed by atoms with Gasteiger partial charge in [0.2, 0.25) is 5.91 Å². The number of hydrogen-bond donors (Lipinski definition) is 1. The van der Waals surface area contributed by atoms with Gasteiger partial charge in [-0.3, -0.25) is 19.7 Å². The average Bonchev–Trinajstić information content (AvgIpc) is 3.22. The zero-order valence-corrected chi connectivity index (χ0v) is 18.6. The van der Waals surface area contributed by atoms with Crippen molar-refractivity contribution < 1.29 is 18.9 Å². The molecule has 3 rings (SSSR count). The van der Waals surface area contributed by atoms with Crippen LogP contribution in [0.15, 0.2) is 36.4 Å². The van der Waals surface area contributed by atoms with Crippen molar-refractivity contribution in [3.05, 3.63) is 63.5 Å². The highest BCUT2D eigenvalue weighted by Crippen LogP contribution is 2.26. The normalized spacial score (nSPS) is 15.7. The van der Waals surface area contributed by atoms with Crippen molar-refractivity contribution in [3.8, 4) is 0 Å². The fraction of sp³-hybridized carbons (Fsp3) is 0.391. The van der Waals surface area contributed by atoms with Gasteiger partial charge in [-0.05, 0) is 63.9 Å². The molecular formula is C23H27FN4O4. The van der Waals surface area contributed by atoms with Gasteiger partial charge in [0.15, 0.2) is 0 Å². The third-order valence-corrected chi connectivity index (χ3v) is 5.83. The Balaban J connectivity index is 1.74. The minimum atomic E-state index is -0.695. The van der Waals surface area contributed by atoms with Gasteiger partial charge in [0, 0.05) is 42.5 Å². The van der Waals surface area contributed by atoms with Gasteiger partial charge < -0.3 is 15.1 Å². The van der Waals surface area contributed by atoms with E-state index >= 15 is 0 Å². The van der Waals surface area contributed by atoms with E-state index in [1.807, 2.05) is 13.8 Å². The molecule has 1 aliphatic rings. The molecule has 1 unspecified atom stereocenters. The zero-order chi connectivity index (χ0) is 23.6. The third-order valence-electron chi connectivity index (χ3n) is 5.83. The van der Waals surface area contributed by atoms with E-state index < -0.39 is 16.8 Å². The van der Waals surface area contributed by atoms with Gasteiger partial charge in [0.05, 0.1) is 10.6 Å². The molecule has 2 amide bonds. The quantitative estimate of drug-likeness (QED) is 0.536. The fourth-order valence-electron chi connectivity index (χ4n) is 3.82. The van der Waals surface area contributed by atoms with E-state index in [4.69, 9.17) is 0 Å². The summed E-state index contributed by atoms with van der Waals surface area (Å²) in [4.78, 5) is 39.7. The van der Waals surface area contributed by atoms with Gasteiger partial charge >= 0.3 is 0 Å². The lowest BCUT2D eigenvalue weighted by molar-refractivity contribution is -0.385. The average molecular weight is 442 g/mol. The molecule has 9 heteroatoms. The minimum absolute atomic E-state index is 0.0640. The predicted molar refractivity (Wildman–Crippen MR) is 120 cm³/mol. The van der Waals surface area contributed by atoms with Crippen LogP contribution in [0.4, 0.5) is 21.5 Å². The number of nitrogens with zero attached hydrogens (tertiary/aromatic N) is 3. The second kappa shape index (κ2) is 9.33. The standard InChI is InChI=1S/C23H27FN4O4/c1-14(2)26(4)20-10-8-17(13-18(20)24)25-22(29)21-6-5-11-27(21)23(30)16-7-9-19(28(31)32)15(3)12-16/h7-10,12-14,21H,5-6,11H2,1-4H3,(H,25,29). The molecule has 0 spiro atoms. The van der Waals surface area contributed by atoms with Gasteiger partial charge in [-0.25, -0.2) is 4.39 Å². The Hall–Kier alpha value is -3.49. The molecule has 1 fully saturated rings. The molecule has 8 nitrogen and oxygen atoms in total. The van der Waals surface area contributed by atoms with E-state index in [0.29, 0.717) is 41.9 Å². The number of anilines is 2. The van der Waals surface area contributed by atoms with Crippen molar-refractivity contribution in [2.24, 2.45) is 0 Å². The lowest BCUT2D eigenvalue weighted by Crippen LogP contribution is -2.43. The zero-order valence-electron chi connectivity index (χ0n) is 18.6.